The Morgan fingerprint density at radius 3 is 2.94 bits per heavy atom. The monoisotopic (exact) mass is 218 g/mol. The first-order valence-corrected chi connectivity index (χ1v) is 5.16. The Hall–Kier alpha value is -2.00. The Morgan fingerprint density at radius 1 is 1.50 bits per heavy atom. The van der Waals surface area contributed by atoms with Crippen LogP contribution in [0.5, 0.6) is 0 Å². The molecule has 0 aromatic heterocycles. The third-order valence-electron chi connectivity index (χ3n) is 2.20. The number of azide groups is 1. The van der Waals surface area contributed by atoms with Crippen LogP contribution in [0.2, 0.25) is 0 Å². The quantitative estimate of drug-likeness (QED) is 0.350. The lowest BCUT2D eigenvalue weighted by atomic mass is 10.0. The first kappa shape index (κ1) is 12.1. The third-order valence-corrected chi connectivity index (χ3v) is 2.20. The molecular formula is C11H14N4O. The van der Waals surface area contributed by atoms with E-state index < -0.39 is 0 Å². The summed E-state index contributed by atoms with van der Waals surface area (Å²) in [5.41, 5.74) is 9.78. The maximum Gasteiger partial charge on any atom is 0.251 e. The van der Waals surface area contributed by atoms with Crippen LogP contribution in [0.1, 0.15) is 22.8 Å². The molecule has 0 aliphatic carbocycles. The average Bonchev–Trinajstić information content (AvgIpc) is 2.34. The molecule has 0 saturated heterocycles. The molecule has 0 saturated carbocycles. The fourth-order valence-electron chi connectivity index (χ4n) is 1.41. The third kappa shape index (κ3) is 3.29. The zero-order chi connectivity index (χ0) is 11.8. The highest BCUT2D eigenvalue weighted by molar-refractivity contribution is 5.95. The number of nitrogens with zero attached hydrogens (tertiary/aromatic N) is 3. The molecule has 0 heterocycles. The van der Waals surface area contributed by atoms with E-state index in [2.05, 4.69) is 15.3 Å². The van der Waals surface area contributed by atoms with Crippen molar-refractivity contribution in [3.8, 4) is 0 Å². The van der Waals surface area contributed by atoms with Crippen molar-refractivity contribution in [1.29, 1.82) is 0 Å². The van der Waals surface area contributed by atoms with Crippen molar-refractivity contribution in [2.45, 2.75) is 13.3 Å². The molecule has 5 heteroatoms. The molecule has 5 nitrogen and oxygen atoms in total. The summed E-state index contributed by atoms with van der Waals surface area (Å²) in [6, 6.07) is 7.47. The van der Waals surface area contributed by atoms with E-state index in [-0.39, 0.29) is 12.5 Å². The SMILES string of the molecule is CCc1ccccc1C(=O)NCCN=[N+]=[N-]. The maximum absolute atomic E-state index is 11.7. The summed E-state index contributed by atoms with van der Waals surface area (Å²) in [7, 11) is 0. The van der Waals surface area contributed by atoms with Gasteiger partial charge in [-0.1, -0.05) is 30.2 Å². The second kappa shape index (κ2) is 6.48. The highest BCUT2D eigenvalue weighted by Gasteiger charge is 2.07. The number of carbonyl (C=O) groups excluding carboxylic acids is 1. The smallest absolute Gasteiger partial charge is 0.251 e. The van der Waals surface area contributed by atoms with Gasteiger partial charge in [0.05, 0.1) is 0 Å². The second-order valence-electron chi connectivity index (χ2n) is 3.22. The van der Waals surface area contributed by atoms with E-state index in [1.54, 1.807) is 6.07 Å². The molecule has 0 aliphatic rings. The largest absolute Gasteiger partial charge is 0.352 e. The maximum atomic E-state index is 11.7. The Bertz CT molecular complexity index is 410. The minimum absolute atomic E-state index is 0.120. The minimum Gasteiger partial charge on any atom is -0.352 e. The molecule has 0 bridgehead atoms. The van der Waals surface area contributed by atoms with E-state index >= 15 is 0 Å². The highest BCUT2D eigenvalue weighted by atomic mass is 16.1. The summed E-state index contributed by atoms with van der Waals surface area (Å²) in [4.78, 5) is 14.4. The van der Waals surface area contributed by atoms with Crippen LogP contribution in [0.25, 0.3) is 10.4 Å². The molecule has 0 atom stereocenters. The van der Waals surface area contributed by atoms with E-state index in [0.717, 1.165) is 12.0 Å². The summed E-state index contributed by atoms with van der Waals surface area (Å²) in [5, 5.41) is 6.05. The van der Waals surface area contributed by atoms with Gasteiger partial charge in [0.1, 0.15) is 0 Å². The molecule has 1 rings (SSSR count). The molecule has 16 heavy (non-hydrogen) atoms. The van der Waals surface area contributed by atoms with Crippen LogP contribution >= 0.6 is 0 Å². The Morgan fingerprint density at radius 2 is 2.25 bits per heavy atom. The highest BCUT2D eigenvalue weighted by Crippen LogP contribution is 2.08. The molecule has 0 radical (unpaired) electrons. The minimum atomic E-state index is -0.120. The van der Waals surface area contributed by atoms with Gasteiger partial charge in [-0.25, -0.2) is 0 Å². The fraction of sp³-hybridized carbons (Fsp3) is 0.364. The molecule has 0 aliphatic heterocycles. The number of nitrogens with one attached hydrogen (secondary N) is 1. The normalized spacial score (nSPS) is 9.31. The van der Waals surface area contributed by atoms with E-state index in [4.69, 9.17) is 5.53 Å². The van der Waals surface area contributed by atoms with E-state index in [1.807, 2.05) is 25.1 Å². The summed E-state index contributed by atoms with van der Waals surface area (Å²) in [6.07, 6.45) is 0.819. The van der Waals surface area contributed by atoms with Crippen LogP contribution in [0, 0.1) is 0 Å². The van der Waals surface area contributed by atoms with Crippen LogP contribution in [-0.2, 0) is 6.42 Å². The van der Waals surface area contributed by atoms with Crippen LogP contribution < -0.4 is 5.32 Å². The predicted molar refractivity (Wildman–Crippen MR) is 62.2 cm³/mol. The van der Waals surface area contributed by atoms with Crippen molar-refractivity contribution in [3.63, 3.8) is 0 Å². The Kier molecular flexibility index (Phi) is 4.89. The van der Waals surface area contributed by atoms with Gasteiger partial charge in [-0.2, -0.15) is 0 Å². The first-order valence-electron chi connectivity index (χ1n) is 5.16. The molecule has 1 N–H and O–H groups in total. The average molecular weight is 218 g/mol. The molecule has 84 valence electrons. The van der Waals surface area contributed by atoms with E-state index in [0.29, 0.717) is 12.1 Å². The van der Waals surface area contributed by atoms with E-state index in [9.17, 15) is 4.79 Å². The van der Waals surface area contributed by atoms with Gasteiger partial charge >= 0.3 is 0 Å². The Labute approximate surface area is 94.1 Å². The van der Waals surface area contributed by atoms with Gasteiger partial charge in [0.15, 0.2) is 0 Å². The predicted octanol–water partition coefficient (Wildman–Crippen LogP) is 2.29. The molecule has 0 spiro atoms. The van der Waals surface area contributed by atoms with Gasteiger partial charge in [0.2, 0.25) is 0 Å². The summed E-state index contributed by atoms with van der Waals surface area (Å²) >= 11 is 0. The summed E-state index contributed by atoms with van der Waals surface area (Å²) in [5.74, 6) is -0.120. The van der Waals surface area contributed by atoms with Gasteiger partial charge in [0, 0.05) is 23.6 Å². The molecule has 1 amide bonds. The van der Waals surface area contributed by atoms with Gasteiger partial charge in [-0.15, -0.1) is 0 Å². The standard InChI is InChI=1S/C11H14N4O/c1-2-9-5-3-4-6-10(9)11(16)13-7-8-14-15-12/h3-6H,2,7-8H2,1H3,(H,13,16). The Balaban J connectivity index is 2.61. The summed E-state index contributed by atoms with van der Waals surface area (Å²) < 4.78 is 0. The van der Waals surface area contributed by atoms with Gasteiger partial charge in [0.25, 0.3) is 5.91 Å². The number of benzene rings is 1. The molecule has 0 unspecified atom stereocenters. The topological polar surface area (TPSA) is 77.9 Å². The van der Waals surface area contributed by atoms with Crippen LogP contribution in [0.3, 0.4) is 0 Å². The lowest BCUT2D eigenvalue weighted by Crippen LogP contribution is -2.26. The number of hydrogen-bond donors (Lipinski definition) is 1. The summed E-state index contributed by atoms with van der Waals surface area (Å²) in [6.45, 7) is 2.64. The van der Waals surface area contributed by atoms with Crippen molar-refractivity contribution in [3.05, 3.63) is 45.8 Å². The second-order valence-corrected chi connectivity index (χ2v) is 3.22. The van der Waals surface area contributed by atoms with Crippen molar-refractivity contribution in [2.75, 3.05) is 13.1 Å². The van der Waals surface area contributed by atoms with E-state index in [1.165, 1.54) is 0 Å². The van der Waals surface area contributed by atoms with Gasteiger partial charge in [-0.3, -0.25) is 4.79 Å². The zero-order valence-electron chi connectivity index (χ0n) is 9.18. The zero-order valence-corrected chi connectivity index (χ0v) is 9.18. The molecule has 0 fully saturated rings. The number of amides is 1. The van der Waals surface area contributed by atoms with Crippen LogP contribution in [0.15, 0.2) is 29.4 Å². The molecular weight excluding hydrogens is 204 g/mol. The number of aryl methyl sites for hydroxylation is 1. The lowest BCUT2D eigenvalue weighted by Gasteiger charge is -2.07. The first-order chi connectivity index (χ1) is 7.79. The van der Waals surface area contributed by atoms with Gasteiger partial charge < -0.3 is 5.32 Å². The fourth-order valence-corrected chi connectivity index (χ4v) is 1.41. The molecule has 1 aromatic rings. The lowest BCUT2D eigenvalue weighted by molar-refractivity contribution is 0.0954. The van der Waals surface area contributed by atoms with Crippen molar-refractivity contribution >= 4 is 5.91 Å². The van der Waals surface area contributed by atoms with Crippen LogP contribution in [0.4, 0.5) is 0 Å². The number of rotatable bonds is 5. The van der Waals surface area contributed by atoms with Crippen molar-refractivity contribution in [1.82, 2.24) is 5.32 Å². The van der Waals surface area contributed by atoms with Crippen LogP contribution in [-0.4, -0.2) is 19.0 Å². The van der Waals surface area contributed by atoms with Crippen molar-refractivity contribution in [2.24, 2.45) is 5.11 Å². The van der Waals surface area contributed by atoms with Gasteiger partial charge in [-0.05, 0) is 23.6 Å². The van der Waals surface area contributed by atoms with Crippen molar-refractivity contribution < 1.29 is 4.79 Å². The number of carbonyl (C=O) groups is 1. The molecule has 1 aromatic carbocycles. The number of hydrogen-bond acceptors (Lipinski definition) is 2.